The highest BCUT2D eigenvalue weighted by Crippen LogP contribution is 2.20. The van der Waals surface area contributed by atoms with Crippen molar-refractivity contribution in [1.29, 1.82) is 0 Å². The standard InChI is InChI=1S/C8H13N5OS/c1-12-2-3-13(8(12)14)5-6-4-10-7(11-9)15-6/h4H,2-3,5,9H2,1H3,(H,10,11). The Morgan fingerprint density at radius 2 is 2.47 bits per heavy atom. The minimum Gasteiger partial charge on any atom is -0.326 e. The molecule has 1 saturated heterocycles. The number of urea groups is 1. The summed E-state index contributed by atoms with van der Waals surface area (Å²) in [7, 11) is 1.81. The first-order chi connectivity index (χ1) is 7.20. The van der Waals surface area contributed by atoms with Crippen LogP contribution >= 0.6 is 11.3 Å². The maximum Gasteiger partial charge on any atom is 0.320 e. The molecule has 0 spiro atoms. The predicted octanol–water partition coefficient (Wildman–Crippen LogP) is 0.296. The number of nitrogens with zero attached hydrogens (tertiary/aromatic N) is 3. The molecule has 6 nitrogen and oxygen atoms in total. The maximum atomic E-state index is 11.6. The van der Waals surface area contributed by atoms with Gasteiger partial charge in [0.05, 0.1) is 6.54 Å². The summed E-state index contributed by atoms with van der Waals surface area (Å²) in [6.45, 7) is 2.18. The average Bonchev–Trinajstić information content (AvgIpc) is 2.80. The molecule has 82 valence electrons. The summed E-state index contributed by atoms with van der Waals surface area (Å²) in [6.07, 6.45) is 1.74. The van der Waals surface area contributed by atoms with Crippen LogP contribution in [-0.4, -0.2) is 41.0 Å². The van der Waals surface area contributed by atoms with Crippen LogP contribution in [0.15, 0.2) is 6.20 Å². The number of aromatic nitrogens is 1. The van der Waals surface area contributed by atoms with E-state index >= 15 is 0 Å². The number of amides is 2. The van der Waals surface area contributed by atoms with Gasteiger partial charge in [0, 0.05) is 31.2 Å². The van der Waals surface area contributed by atoms with Gasteiger partial charge >= 0.3 is 6.03 Å². The normalized spacial score (nSPS) is 16.3. The Morgan fingerprint density at radius 3 is 3.00 bits per heavy atom. The molecular weight excluding hydrogens is 214 g/mol. The molecule has 0 aromatic carbocycles. The average molecular weight is 227 g/mol. The van der Waals surface area contributed by atoms with Gasteiger partial charge in [-0.3, -0.25) is 5.43 Å². The molecule has 2 heterocycles. The maximum absolute atomic E-state index is 11.6. The minimum atomic E-state index is 0.0747. The molecule has 7 heteroatoms. The largest absolute Gasteiger partial charge is 0.326 e. The molecule has 0 aliphatic carbocycles. The molecule has 0 saturated carbocycles. The monoisotopic (exact) mass is 227 g/mol. The molecule has 2 amide bonds. The molecule has 1 aromatic heterocycles. The summed E-state index contributed by atoms with van der Waals surface area (Å²) in [6, 6.07) is 0.0747. The van der Waals surface area contributed by atoms with Crippen LogP contribution in [0.1, 0.15) is 4.88 Å². The van der Waals surface area contributed by atoms with E-state index in [9.17, 15) is 4.79 Å². The second-order valence-corrected chi connectivity index (χ2v) is 4.52. The number of carbonyl (C=O) groups is 1. The van der Waals surface area contributed by atoms with Crippen molar-refractivity contribution in [3.05, 3.63) is 11.1 Å². The summed E-state index contributed by atoms with van der Waals surface area (Å²) in [5.74, 6) is 5.23. The number of thiazole rings is 1. The lowest BCUT2D eigenvalue weighted by atomic mass is 10.5. The van der Waals surface area contributed by atoms with Crippen molar-refractivity contribution >= 4 is 22.5 Å². The highest BCUT2D eigenvalue weighted by atomic mass is 32.1. The number of hydrazine groups is 1. The van der Waals surface area contributed by atoms with Crippen molar-refractivity contribution in [2.75, 3.05) is 25.6 Å². The summed E-state index contributed by atoms with van der Waals surface area (Å²) >= 11 is 1.46. The van der Waals surface area contributed by atoms with Crippen LogP contribution in [-0.2, 0) is 6.54 Å². The van der Waals surface area contributed by atoms with Crippen molar-refractivity contribution in [3.8, 4) is 0 Å². The number of nitrogen functional groups attached to an aromatic ring is 1. The molecule has 1 aliphatic heterocycles. The van der Waals surface area contributed by atoms with E-state index in [0.717, 1.165) is 18.0 Å². The Bertz CT molecular complexity index is 366. The molecule has 2 rings (SSSR count). The van der Waals surface area contributed by atoms with E-state index < -0.39 is 0 Å². The van der Waals surface area contributed by atoms with Crippen molar-refractivity contribution in [2.45, 2.75) is 6.54 Å². The fourth-order valence-electron chi connectivity index (χ4n) is 1.49. The lowest BCUT2D eigenvalue weighted by Crippen LogP contribution is -2.28. The van der Waals surface area contributed by atoms with Gasteiger partial charge in [0.25, 0.3) is 0 Å². The lowest BCUT2D eigenvalue weighted by Gasteiger charge is -2.14. The van der Waals surface area contributed by atoms with Crippen LogP contribution in [0.5, 0.6) is 0 Å². The van der Waals surface area contributed by atoms with Crippen LogP contribution < -0.4 is 11.3 Å². The number of hydrogen-bond acceptors (Lipinski definition) is 5. The lowest BCUT2D eigenvalue weighted by molar-refractivity contribution is 0.197. The van der Waals surface area contributed by atoms with Crippen LogP contribution in [0.4, 0.5) is 9.93 Å². The van der Waals surface area contributed by atoms with Gasteiger partial charge in [-0.1, -0.05) is 11.3 Å². The number of hydrogen-bond donors (Lipinski definition) is 2. The molecule has 1 aromatic rings. The van der Waals surface area contributed by atoms with E-state index in [1.807, 2.05) is 7.05 Å². The SMILES string of the molecule is CN1CCN(Cc2cnc(NN)s2)C1=O. The third kappa shape index (κ3) is 2.02. The second-order valence-electron chi connectivity index (χ2n) is 3.40. The van der Waals surface area contributed by atoms with E-state index in [1.165, 1.54) is 11.3 Å². The molecule has 1 aliphatic rings. The Kier molecular flexibility index (Phi) is 2.74. The first kappa shape index (κ1) is 10.2. The topological polar surface area (TPSA) is 74.5 Å². The van der Waals surface area contributed by atoms with Crippen LogP contribution in [0.25, 0.3) is 0 Å². The number of carbonyl (C=O) groups excluding carboxylic acids is 1. The highest BCUT2D eigenvalue weighted by molar-refractivity contribution is 7.15. The fraction of sp³-hybridized carbons (Fsp3) is 0.500. The third-order valence-electron chi connectivity index (χ3n) is 2.33. The van der Waals surface area contributed by atoms with E-state index in [-0.39, 0.29) is 6.03 Å². The first-order valence-corrected chi connectivity index (χ1v) is 5.43. The van der Waals surface area contributed by atoms with Gasteiger partial charge in [-0.05, 0) is 0 Å². The number of likely N-dealkylation sites (N-methyl/N-ethyl adjacent to an activating group) is 1. The zero-order chi connectivity index (χ0) is 10.8. The number of anilines is 1. The zero-order valence-corrected chi connectivity index (χ0v) is 9.25. The van der Waals surface area contributed by atoms with E-state index in [4.69, 9.17) is 5.84 Å². The van der Waals surface area contributed by atoms with Crippen LogP contribution in [0.2, 0.25) is 0 Å². The molecule has 0 bridgehead atoms. The van der Waals surface area contributed by atoms with Crippen LogP contribution in [0.3, 0.4) is 0 Å². The van der Waals surface area contributed by atoms with Gasteiger partial charge in [0.15, 0.2) is 5.13 Å². The summed E-state index contributed by atoms with van der Waals surface area (Å²) in [4.78, 5) is 20.2. The Morgan fingerprint density at radius 1 is 1.67 bits per heavy atom. The molecular formula is C8H13N5OS. The van der Waals surface area contributed by atoms with Crippen molar-refractivity contribution in [1.82, 2.24) is 14.8 Å². The molecule has 3 N–H and O–H groups in total. The van der Waals surface area contributed by atoms with Crippen molar-refractivity contribution in [2.24, 2.45) is 5.84 Å². The second kappa shape index (κ2) is 4.03. The van der Waals surface area contributed by atoms with Gasteiger partial charge in [0.2, 0.25) is 0 Å². The summed E-state index contributed by atoms with van der Waals surface area (Å²) < 4.78 is 0. The van der Waals surface area contributed by atoms with E-state index in [2.05, 4.69) is 10.4 Å². The molecule has 0 radical (unpaired) electrons. The quantitative estimate of drug-likeness (QED) is 0.575. The number of nitrogens with one attached hydrogen (secondary N) is 1. The Hall–Kier alpha value is -1.34. The smallest absolute Gasteiger partial charge is 0.320 e. The van der Waals surface area contributed by atoms with E-state index in [0.29, 0.717) is 11.7 Å². The Labute approximate surface area is 91.7 Å². The Balaban J connectivity index is 2.00. The molecule has 15 heavy (non-hydrogen) atoms. The van der Waals surface area contributed by atoms with Gasteiger partial charge in [-0.25, -0.2) is 15.6 Å². The zero-order valence-electron chi connectivity index (χ0n) is 8.43. The third-order valence-corrected chi connectivity index (χ3v) is 3.24. The van der Waals surface area contributed by atoms with Crippen LogP contribution in [0, 0.1) is 0 Å². The predicted molar refractivity (Wildman–Crippen MR) is 58.4 cm³/mol. The molecule has 1 fully saturated rings. The number of rotatable bonds is 3. The van der Waals surface area contributed by atoms with E-state index in [1.54, 1.807) is 16.0 Å². The fourth-order valence-corrected chi connectivity index (χ4v) is 2.22. The number of nitrogens with two attached hydrogens (primary N) is 1. The molecule has 0 atom stereocenters. The summed E-state index contributed by atoms with van der Waals surface area (Å²) in [5.41, 5.74) is 2.49. The van der Waals surface area contributed by atoms with Gasteiger partial charge in [0.1, 0.15) is 0 Å². The van der Waals surface area contributed by atoms with Crippen molar-refractivity contribution in [3.63, 3.8) is 0 Å². The van der Waals surface area contributed by atoms with Crippen molar-refractivity contribution < 1.29 is 4.79 Å². The van der Waals surface area contributed by atoms with Gasteiger partial charge in [-0.15, -0.1) is 0 Å². The minimum absolute atomic E-state index is 0.0747. The first-order valence-electron chi connectivity index (χ1n) is 4.62. The highest BCUT2D eigenvalue weighted by Gasteiger charge is 2.25. The van der Waals surface area contributed by atoms with Gasteiger partial charge in [-0.2, -0.15) is 0 Å². The summed E-state index contributed by atoms with van der Waals surface area (Å²) in [5, 5.41) is 0.671. The molecule has 0 unspecified atom stereocenters. The van der Waals surface area contributed by atoms with Gasteiger partial charge < -0.3 is 9.80 Å².